The minimum Gasteiger partial charge on any atom is -0.392 e. The van der Waals surface area contributed by atoms with Gasteiger partial charge in [0.1, 0.15) is 0 Å². The van der Waals surface area contributed by atoms with Gasteiger partial charge in [-0.1, -0.05) is 73.7 Å². The maximum absolute atomic E-state index is 11.9. The van der Waals surface area contributed by atoms with Crippen molar-refractivity contribution in [3.05, 3.63) is 125 Å². The van der Waals surface area contributed by atoms with Crippen molar-refractivity contribution in [2.24, 2.45) is 5.92 Å². The second kappa shape index (κ2) is 15.8. The smallest absolute Gasteiger partial charge is 0.315 e. The molecule has 8 nitrogen and oxygen atoms in total. The Kier molecular flexibility index (Phi) is 11.3. The molecule has 8 heteroatoms. The lowest BCUT2D eigenvalue weighted by Crippen LogP contribution is -2.43. The number of hydrogen-bond acceptors (Lipinski definition) is 6. The number of nitrogens with one attached hydrogen (secondary N) is 2. The highest BCUT2D eigenvalue weighted by Gasteiger charge is 2.38. The van der Waals surface area contributed by atoms with Gasteiger partial charge in [-0.25, -0.2) is 4.79 Å². The fourth-order valence-electron chi connectivity index (χ4n) is 5.71. The Morgan fingerprint density at radius 3 is 2.40 bits per heavy atom. The van der Waals surface area contributed by atoms with E-state index in [1.54, 1.807) is 0 Å². The number of ether oxygens (including phenoxy) is 2. The van der Waals surface area contributed by atoms with Gasteiger partial charge in [0, 0.05) is 56.0 Å². The van der Waals surface area contributed by atoms with E-state index in [1.807, 2.05) is 67.7 Å². The highest BCUT2D eigenvalue weighted by atomic mass is 16.7. The topological polar surface area (TPSA) is 96.0 Å². The molecular formula is C37H44N4O4. The largest absolute Gasteiger partial charge is 0.392 e. The van der Waals surface area contributed by atoms with Crippen LogP contribution in [-0.4, -0.2) is 53.8 Å². The van der Waals surface area contributed by atoms with E-state index in [1.165, 1.54) is 0 Å². The first-order valence-corrected chi connectivity index (χ1v) is 15.7. The number of pyridine rings is 1. The third-order valence-electron chi connectivity index (χ3n) is 8.30. The molecule has 4 atom stereocenters. The standard InChI is InChI=1S/C37H44N4O4/c1-4-38-37(43)40-23-28-9-7-10-30(21-28)31-11-8-12-32(22-31)36-44-34(24-41(3)20-18-33-13-5-6-19-39-33)26(2)35(45-36)29-16-14-27(25-42)15-17-29/h5-17,19,21-22,26,34-36,42H,4,18,20,23-25H2,1-3H3,(H2,38,40,43)/t26-,34+,35+,36+/m1/s1. The van der Waals surface area contributed by atoms with E-state index in [-0.39, 0.29) is 30.8 Å². The van der Waals surface area contributed by atoms with Gasteiger partial charge in [-0.15, -0.1) is 0 Å². The summed E-state index contributed by atoms with van der Waals surface area (Å²) >= 11 is 0. The van der Waals surface area contributed by atoms with E-state index in [0.717, 1.165) is 58.6 Å². The van der Waals surface area contributed by atoms with E-state index in [9.17, 15) is 9.90 Å². The van der Waals surface area contributed by atoms with Crippen molar-refractivity contribution in [2.45, 2.75) is 51.9 Å². The summed E-state index contributed by atoms with van der Waals surface area (Å²) in [7, 11) is 2.13. The molecular weight excluding hydrogens is 564 g/mol. The number of carbonyl (C=O) groups is 1. The van der Waals surface area contributed by atoms with Crippen LogP contribution in [0.25, 0.3) is 11.1 Å². The Bertz CT molecular complexity index is 1510. The molecule has 0 spiro atoms. The first kappa shape index (κ1) is 32.3. The van der Waals surface area contributed by atoms with Crippen LogP contribution in [0.1, 0.15) is 54.2 Å². The molecule has 2 amide bonds. The quantitative estimate of drug-likeness (QED) is 0.182. The predicted octanol–water partition coefficient (Wildman–Crippen LogP) is 6.03. The second-order valence-corrected chi connectivity index (χ2v) is 11.7. The molecule has 236 valence electrons. The molecule has 1 aliphatic heterocycles. The van der Waals surface area contributed by atoms with Crippen molar-refractivity contribution < 1.29 is 19.4 Å². The Morgan fingerprint density at radius 2 is 1.67 bits per heavy atom. The summed E-state index contributed by atoms with van der Waals surface area (Å²) in [6, 6.07) is 30.4. The fraction of sp³-hybridized carbons (Fsp3) is 0.351. The van der Waals surface area contributed by atoms with Gasteiger partial charge in [0.25, 0.3) is 0 Å². The third-order valence-corrected chi connectivity index (χ3v) is 8.30. The first-order chi connectivity index (χ1) is 21.9. The number of likely N-dealkylation sites (N-methyl/N-ethyl adjacent to an activating group) is 1. The lowest BCUT2D eigenvalue weighted by Gasteiger charge is -2.42. The van der Waals surface area contributed by atoms with Gasteiger partial charge in [0.05, 0.1) is 18.8 Å². The summed E-state index contributed by atoms with van der Waals surface area (Å²) in [5.41, 5.74) is 7.08. The van der Waals surface area contributed by atoms with E-state index in [4.69, 9.17) is 9.47 Å². The molecule has 0 bridgehead atoms. The molecule has 3 N–H and O–H groups in total. The Balaban J connectivity index is 1.36. The molecule has 1 saturated heterocycles. The van der Waals surface area contributed by atoms with E-state index in [0.29, 0.717) is 13.1 Å². The minimum absolute atomic E-state index is 0.00672. The number of aliphatic hydroxyl groups is 1. The zero-order chi connectivity index (χ0) is 31.6. The van der Waals surface area contributed by atoms with Crippen molar-refractivity contribution in [2.75, 3.05) is 26.7 Å². The molecule has 1 aromatic heterocycles. The molecule has 1 aliphatic rings. The van der Waals surface area contributed by atoms with E-state index < -0.39 is 6.29 Å². The van der Waals surface area contributed by atoms with Crippen LogP contribution in [-0.2, 0) is 29.0 Å². The highest BCUT2D eigenvalue weighted by molar-refractivity contribution is 5.74. The molecule has 0 unspecified atom stereocenters. The number of urea groups is 1. The zero-order valence-corrected chi connectivity index (χ0v) is 26.4. The number of rotatable bonds is 12. The summed E-state index contributed by atoms with van der Waals surface area (Å²) < 4.78 is 13.5. The number of carbonyl (C=O) groups excluding carboxylic acids is 1. The van der Waals surface area contributed by atoms with Crippen molar-refractivity contribution in [3.8, 4) is 11.1 Å². The van der Waals surface area contributed by atoms with Gasteiger partial charge < -0.3 is 30.1 Å². The molecule has 1 fully saturated rings. The van der Waals surface area contributed by atoms with Crippen LogP contribution in [0.3, 0.4) is 0 Å². The summed E-state index contributed by atoms with van der Waals surface area (Å²) in [5, 5.41) is 15.3. The molecule has 2 heterocycles. The Labute approximate surface area is 266 Å². The Morgan fingerprint density at radius 1 is 0.889 bits per heavy atom. The van der Waals surface area contributed by atoms with Crippen LogP contribution in [0.4, 0.5) is 4.79 Å². The molecule has 5 rings (SSSR count). The fourth-order valence-corrected chi connectivity index (χ4v) is 5.71. The van der Waals surface area contributed by atoms with Crippen molar-refractivity contribution in [1.82, 2.24) is 20.5 Å². The van der Waals surface area contributed by atoms with Crippen LogP contribution in [0.5, 0.6) is 0 Å². The summed E-state index contributed by atoms with van der Waals surface area (Å²) in [4.78, 5) is 18.7. The van der Waals surface area contributed by atoms with Gasteiger partial charge in [0.2, 0.25) is 0 Å². The second-order valence-electron chi connectivity index (χ2n) is 11.7. The molecule has 4 aromatic rings. The maximum atomic E-state index is 11.9. The number of amides is 2. The lowest BCUT2D eigenvalue weighted by atomic mass is 9.90. The van der Waals surface area contributed by atoms with Gasteiger partial charge >= 0.3 is 6.03 Å². The number of aromatic nitrogens is 1. The van der Waals surface area contributed by atoms with Crippen LogP contribution >= 0.6 is 0 Å². The van der Waals surface area contributed by atoms with Crippen LogP contribution in [0.2, 0.25) is 0 Å². The minimum atomic E-state index is -0.555. The first-order valence-electron chi connectivity index (χ1n) is 15.7. The molecule has 0 aliphatic carbocycles. The van der Waals surface area contributed by atoms with Gasteiger partial charge in [-0.3, -0.25) is 4.98 Å². The van der Waals surface area contributed by atoms with Crippen molar-refractivity contribution in [1.29, 1.82) is 0 Å². The maximum Gasteiger partial charge on any atom is 0.315 e. The van der Waals surface area contributed by atoms with Crippen molar-refractivity contribution >= 4 is 6.03 Å². The van der Waals surface area contributed by atoms with Gasteiger partial charge in [-0.2, -0.15) is 0 Å². The van der Waals surface area contributed by atoms with Crippen LogP contribution in [0, 0.1) is 5.92 Å². The molecule has 3 aromatic carbocycles. The molecule has 0 saturated carbocycles. The monoisotopic (exact) mass is 608 g/mol. The normalized spacial score (nSPS) is 19.8. The van der Waals surface area contributed by atoms with E-state index in [2.05, 4.69) is 70.9 Å². The summed E-state index contributed by atoms with van der Waals surface area (Å²) in [6.07, 6.45) is 1.89. The average Bonchev–Trinajstić information content (AvgIpc) is 3.08. The van der Waals surface area contributed by atoms with Crippen molar-refractivity contribution in [3.63, 3.8) is 0 Å². The van der Waals surface area contributed by atoms with E-state index >= 15 is 0 Å². The van der Waals surface area contributed by atoms with Crippen LogP contribution < -0.4 is 10.6 Å². The predicted molar refractivity (Wildman–Crippen MR) is 176 cm³/mol. The number of hydrogen-bond donors (Lipinski definition) is 3. The van der Waals surface area contributed by atoms with Crippen LogP contribution in [0.15, 0.2) is 97.2 Å². The van der Waals surface area contributed by atoms with Gasteiger partial charge in [-0.05, 0) is 66.1 Å². The molecule has 45 heavy (non-hydrogen) atoms. The number of aliphatic hydroxyl groups excluding tert-OH is 1. The van der Waals surface area contributed by atoms with Gasteiger partial charge in [0.15, 0.2) is 6.29 Å². The average molecular weight is 609 g/mol. The highest BCUT2D eigenvalue weighted by Crippen LogP contribution is 2.42. The summed E-state index contributed by atoms with van der Waals surface area (Å²) in [6.45, 7) is 6.73. The lowest BCUT2D eigenvalue weighted by molar-refractivity contribution is -0.275. The number of benzene rings is 3. The zero-order valence-electron chi connectivity index (χ0n) is 26.4. The Hall–Kier alpha value is -4.08. The summed E-state index contributed by atoms with van der Waals surface area (Å²) in [5.74, 6) is 0.0933. The third kappa shape index (κ3) is 8.77. The SMILES string of the molecule is CCNC(=O)NCc1cccc(-c2cccc([C@H]3O[C@@H](CN(C)CCc4ccccn4)[C@@H](C)[C@@H](c4ccc(CO)cc4)O3)c2)c1. The number of nitrogens with zero attached hydrogens (tertiary/aromatic N) is 2. The molecule has 0 radical (unpaired) electrons.